The number of rotatable bonds is 7. The fourth-order valence-electron chi connectivity index (χ4n) is 4.20. The minimum Gasteiger partial charge on any atom is -0.466 e. The van der Waals surface area contributed by atoms with Gasteiger partial charge in [0.1, 0.15) is 0 Å². The molecule has 0 saturated heterocycles. The smallest absolute Gasteiger partial charge is 0.338 e. The molecule has 1 aromatic carbocycles. The zero-order chi connectivity index (χ0) is 24.1. The molecule has 1 heterocycles. The van der Waals surface area contributed by atoms with Crippen molar-refractivity contribution >= 4 is 23.9 Å². The maximum absolute atomic E-state index is 12.6. The summed E-state index contributed by atoms with van der Waals surface area (Å²) < 4.78 is 19.4. The van der Waals surface area contributed by atoms with Crippen molar-refractivity contribution < 1.29 is 38.1 Å². The van der Waals surface area contributed by atoms with Crippen LogP contribution in [0.1, 0.15) is 12.0 Å². The van der Waals surface area contributed by atoms with Gasteiger partial charge in [-0.1, -0.05) is 30.3 Å². The number of nitrogens with zero attached hydrogens (tertiary/aromatic N) is 1. The van der Waals surface area contributed by atoms with Gasteiger partial charge in [-0.05, 0) is 17.6 Å². The van der Waals surface area contributed by atoms with Gasteiger partial charge < -0.3 is 23.8 Å². The lowest BCUT2D eigenvalue weighted by molar-refractivity contribution is -0.142. The Morgan fingerprint density at radius 2 is 1.55 bits per heavy atom. The summed E-state index contributed by atoms with van der Waals surface area (Å²) in [5, 5.41) is 0. The lowest BCUT2D eigenvalue weighted by Gasteiger charge is -2.49. The molecule has 2 aliphatic rings. The molecule has 0 fully saturated rings. The van der Waals surface area contributed by atoms with Crippen LogP contribution in [0.25, 0.3) is 0 Å². The van der Waals surface area contributed by atoms with Crippen LogP contribution in [0.15, 0.2) is 64.9 Å². The van der Waals surface area contributed by atoms with Crippen LogP contribution in [0.4, 0.5) is 0 Å². The van der Waals surface area contributed by atoms with Crippen LogP contribution >= 0.6 is 0 Å². The van der Waals surface area contributed by atoms with Gasteiger partial charge in [0.05, 0.1) is 51.2 Å². The number of methoxy groups -OCH3 is 4. The summed E-state index contributed by atoms with van der Waals surface area (Å²) >= 11 is 0. The first-order valence-corrected chi connectivity index (χ1v) is 10.2. The highest BCUT2D eigenvalue weighted by Crippen LogP contribution is 2.48. The largest absolute Gasteiger partial charge is 0.466 e. The molecule has 0 radical (unpaired) electrons. The summed E-state index contributed by atoms with van der Waals surface area (Å²) in [5.41, 5.74) is 1.84. The number of hydrogen-bond donors (Lipinski definition) is 0. The molecular weight excluding hydrogens is 430 g/mol. The van der Waals surface area contributed by atoms with Crippen LogP contribution in [0, 0.1) is 5.92 Å². The van der Waals surface area contributed by atoms with E-state index in [4.69, 9.17) is 14.2 Å². The number of benzene rings is 1. The Kier molecular flexibility index (Phi) is 7.32. The van der Waals surface area contributed by atoms with E-state index in [1.54, 1.807) is 6.20 Å². The minimum atomic E-state index is -0.722. The number of carbonyl (C=O) groups excluding carboxylic acids is 4. The topological polar surface area (TPSA) is 108 Å². The molecule has 0 amide bonds. The molecule has 174 valence electrons. The van der Waals surface area contributed by atoms with Gasteiger partial charge in [-0.3, -0.25) is 0 Å². The van der Waals surface area contributed by atoms with Gasteiger partial charge in [0.15, 0.2) is 0 Å². The van der Waals surface area contributed by atoms with Crippen LogP contribution in [0.2, 0.25) is 0 Å². The predicted octanol–water partition coefficient (Wildman–Crippen LogP) is 1.69. The van der Waals surface area contributed by atoms with E-state index in [9.17, 15) is 19.2 Å². The second kappa shape index (κ2) is 10.2. The normalized spacial score (nSPS) is 19.6. The average molecular weight is 455 g/mol. The highest BCUT2D eigenvalue weighted by Gasteiger charge is 2.52. The van der Waals surface area contributed by atoms with Crippen molar-refractivity contribution in [3.05, 3.63) is 70.5 Å². The van der Waals surface area contributed by atoms with E-state index in [0.29, 0.717) is 12.1 Å². The second-order valence-electron chi connectivity index (χ2n) is 7.45. The van der Waals surface area contributed by atoms with Crippen molar-refractivity contribution in [3.63, 3.8) is 0 Å². The van der Waals surface area contributed by atoms with Crippen molar-refractivity contribution in [2.45, 2.75) is 19.0 Å². The zero-order valence-corrected chi connectivity index (χ0v) is 18.8. The van der Waals surface area contributed by atoms with E-state index in [-0.39, 0.29) is 23.1 Å². The van der Waals surface area contributed by atoms with Gasteiger partial charge in [0, 0.05) is 24.7 Å². The zero-order valence-electron chi connectivity index (χ0n) is 18.8. The van der Waals surface area contributed by atoms with E-state index in [1.165, 1.54) is 28.4 Å². The minimum absolute atomic E-state index is 0.0107. The number of fused-ring (bicyclic) bond motifs is 1. The summed E-state index contributed by atoms with van der Waals surface area (Å²) in [6, 6.07) is 9.03. The van der Waals surface area contributed by atoms with Gasteiger partial charge in [-0.15, -0.1) is 0 Å². The van der Waals surface area contributed by atoms with E-state index < -0.39 is 35.8 Å². The lowest BCUT2D eigenvalue weighted by Crippen LogP contribution is -2.53. The standard InChI is InChI=1S/C24H25NO8/c1-30-18(26)11-16(22(27)31-2)15-10-17-19(23(28)32-3)20(24(29)33-4)21(17)25(13-15)12-14-8-6-5-7-9-14/h5-9,11,13,17,21H,10,12H2,1-4H3/b16-11-/t17-,21-/m0/s1. The Balaban J connectivity index is 2.12. The number of ether oxygens (including phenoxy) is 4. The molecule has 0 aromatic heterocycles. The average Bonchev–Trinajstić information content (AvgIpc) is 2.83. The van der Waals surface area contributed by atoms with Gasteiger partial charge >= 0.3 is 23.9 Å². The molecule has 9 nitrogen and oxygen atoms in total. The van der Waals surface area contributed by atoms with E-state index in [1.807, 2.05) is 35.2 Å². The molecule has 0 spiro atoms. The molecular formula is C24H25NO8. The highest BCUT2D eigenvalue weighted by atomic mass is 16.5. The third-order valence-corrected chi connectivity index (χ3v) is 5.69. The first-order chi connectivity index (χ1) is 15.9. The molecule has 0 bridgehead atoms. The lowest BCUT2D eigenvalue weighted by atomic mass is 9.66. The number of hydrogen-bond acceptors (Lipinski definition) is 9. The van der Waals surface area contributed by atoms with Crippen molar-refractivity contribution in [3.8, 4) is 0 Å². The Labute approximate surface area is 191 Å². The molecule has 1 aliphatic heterocycles. The molecule has 1 aliphatic carbocycles. The van der Waals surface area contributed by atoms with Gasteiger partial charge in [-0.25, -0.2) is 19.2 Å². The van der Waals surface area contributed by atoms with Gasteiger partial charge in [0.2, 0.25) is 0 Å². The summed E-state index contributed by atoms with van der Waals surface area (Å²) in [5.74, 6) is -3.17. The van der Waals surface area contributed by atoms with Crippen molar-refractivity contribution in [1.82, 2.24) is 4.90 Å². The van der Waals surface area contributed by atoms with Crippen LogP contribution in [-0.4, -0.2) is 63.3 Å². The molecule has 3 rings (SSSR count). The summed E-state index contributed by atoms with van der Waals surface area (Å²) in [7, 11) is 4.89. The SMILES string of the molecule is COC(=O)/C=C(\C(=O)OC)C1=CN(Cc2ccccc2)[C@@H]2C(C(=O)OC)=C(C(=O)OC)[C@@H]2C1. The number of carbonyl (C=O) groups is 4. The fraction of sp³-hybridized carbons (Fsp3) is 0.333. The molecule has 1 aromatic rings. The van der Waals surface area contributed by atoms with Crippen molar-refractivity contribution in [1.29, 1.82) is 0 Å². The van der Waals surface area contributed by atoms with Crippen LogP contribution < -0.4 is 0 Å². The van der Waals surface area contributed by atoms with E-state index >= 15 is 0 Å². The van der Waals surface area contributed by atoms with Crippen LogP contribution in [-0.2, 0) is 44.7 Å². The Morgan fingerprint density at radius 1 is 0.909 bits per heavy atom. The van der Waals surface area contributed by atoms with E-state index in [2.05, 4.69) is 4.74 Å². The Bertz CT molecular complexity index is 1040. The maximum Gasteiger partial charge on any atom is 0.338 e. The predicted molar refractivity (Wildman–Crippen MR) is 115 cm³/mol. The third-order valence-electron chi connectivity index (χ3n) is 5.69. The third kappa shape index (κ3) is 4.67. The van der Waals surface area contributed by atoms with Crippen molar-refractivity contribution in [2.75, 3.05) is 28.4 Å². The molecule has 9 heteroatoms. The molecule has 0 unspecified atom stereocenters. The maximum atomic E-state index is 12.6. The van der Waals surface area contributed by atoms with E-state index in [0.717, 1.165) is 11.6 Å². The van der Waals surface area contributed by atoms with Crippen LogP contribution in [0.3, 0.4) is 0 Å². The van der Waals surface area contributed by atoms with Crippen molar-refractivity contribution in [2.24, 2.45) is 5.92 Å². The molecule has 0 N–H and O–H groups in total. The fourth-order valence-corrected chi connectivity index (χ4v) is 4.20. The molecule has 0 saturated carbocycles. The first-order valence-electron chi connectivity index (χ1n) is 10.2. The van der Waals surface area contributed by atoms with Crippen LogP contribution in [0.5, 0.6) is 0 Å². The Hall–Kier alpha value is -3.88. The summed E-state index contributed by atoms with van der Waals surface area (Å²) in [4.78, 5) is 51.3. The summed E-state index contributed by atoms with van der Waals surface area (Å²) in [6.07, 6.45) is 2.97. The van der Waals surface area contributed by atoms with Gasteiger partial charge in [-0.2, -0.15) is 0 Å². The molecule has 33 heavy (non-hydrogen) atoms. The first kappa shape index (κ1) is 23.8. The monoisotopic (exact) mass is 455 g/mol. The highest BCUT2D eigenvalue weighted by molar-refractivity contribution is 6.06. The number of esters is 4. The quantitative estimate of drug-likeness (QED) is 0.345. The van der Waals surface area contributed by atoms with Gasteiger partial charge in [0.25, 0.3) is 0 Å². The Morgan fingerprint density at radius 3 is 2.12 bits per heavy atom. The summed E-state index contributed by atoms with van der Waals surface area (Å²) in [6.45, 7) is 0.382. The second-order valence-corrected chi connectivity index (χ2v) is 7.45. The molecule has 2 atom stereocenters.